The van der Waals surface area contributed by atoms with Crippen LogP contribution in [0.15, 0.2) is 16.7 Å². The van der Waals surface area contributed by atoms with Crippen LogP contribution in [0.1, 0.15) is 30.9 Å². The number of hydrogen-bond donors (Lipinski definition) is 2. The molecule has 1 aromatic heterocycles. The summed E-state index contributed by atoms with van der Waals surface area (Å²) in [6, 6.07) is 2.51. The first-order chi connectivity index (χ1) is 6.77. The molecule has 0 saturated carbocycles. The molecule has 76 valence electrons. The average Bonchev–Trinajstić information content (AvgIpc) is 2.23. The molecule has 0 aromatic carbocycles. The highest BCUT2D eigenvalue weighted by Gasteiger charge is 2.15. The summed E-state index contributed by atoms with van der Waals surface area (Å²) in [6.07, 6.45) is 5.63. The second kappa shape index (κ2) is 4.28. The maximum atomic E-state index is 5.64. The van der Waals surface area contributed by atoms with Crippen LogP contribution in [-0.2, 0) is 0 Å². The van der Waals surface area contributed by atoms with E-state index in [4.69, 9.17) is 5.73 Å². The lowest BCUT2D eigenvalue weighted by molar-refractivity contribution is 0.411. The van der Waals surface area contributed by atoms with Crippen LogP contribution in [0.5, 0.6) is 0 Å². The molecule has 4 heteroatoms. The molecule has 0 aliphatic carbocycles. The van der Waals surface area contributed by atoms with Crippen molar-refractivity contribution in [2.75, 3.05) is 12.3 Å². The van der Waals surface area contributed by atoms with Gasteiger partial charge in [0.2, 0.25) is 0 Å². The molecule has 3 nitrogen and oxygen atoms in total. The SMILES string of the molecule is Nc1ncc([C@H]2CCCCN2)cc1Br. The molecule has 0 unspecified atom stereocenters. The van der Waals surface area contributed by atoms with Crippen molar-refractivity contribution in [3.8, 4) is 0 Å². The number of anilines is 1. The Bertz CT molecular complexity index is 321. The number of piperidine rings is 1. The zero-order chi connectivity index (χ0) is 9.97. The van der Waals surface area contributed by atoms with Gasteiger partial charge in [-0.25, -0.2) is 4.98 Å². The summed E-state index contributed by atoms with van der Waals surface area (Å²) in [6.45, 7) is 1.10. The van der Waals surface area contributed by atoms with Crippen LogP contribution in [0.4, 0.5) is 5.82 Å². The molecule has 1 fully saturated rings. The minimum atomic E-state index is 0.452. The Labute approximate surface area is 92.2 Å². The first-order valence-corrected chi connectivity index (χ1v) is 5.71. The van der Waals surface area contributed by atoms with Crippen molar-refractivity contribution in [3.63, 3.8) is 0 Å². The number of nitrogen functional groups attached to an aromatic ring is 1. The molecule has 2 rings (SSSR count). The number of halogens is 1. The number of hydrogen-bond acceptors (Lipinski definition) is 3. The predicted molar refractivity (Wildman–Crippen MR) is 60.9 cm³/mol. The highest BCUT2D eigenvalue weighted by atomic mass is 79.9. The topological polar surface area (TPSA) is 50.9 Å². The molecule has 3 N–H and O–H groups in total. The summed E-state index contributed by atoms with van der Waals surface area (Å²) >= 11 is 3.40. The highest BCUT2D eigenvalue weighted by molar-refractivity contribution is 9.10. The molecule has 14 heavy (non-hydrogen) atoms. The van der Waals surface area contributed by atoms with Crippen LogP contribution in [0, 0.1) is 0 Å². The van der Waals surface area contributed by atoms with Gasteiger partial charge in [-0.05, 0) is 46.9 Å². The lowest BCUT2D eigenvalue weighted by atomic mass is 9.99. The third kappa shape index (κ3) is 2.07. The quantitative estimate of drug-likeness (QED) is 0.810. The first-order valence-electron chi connectivity index (χ1n) is 4.91. The number of aromatic nitrogens is 1. The Morgan fingerprint density at radius 1 is 1.50 bits per heavy atom. The summed E-state index contributed by atoms with van der Waals surface area (Å²) in [5.74, 6) is 0.560. The number of nitrogens with two attached hydrogens (primary N) is 1. The van der Waals surface area contributed by atoms with Gasteiger partial charge in [0, 0.05) is 12.2 Å². The molecule has 1 aromatic rings. The van der Waals surface area contributed by atoms with Gasteiger partial charge in [-0.2, -0.15) is 0 Å². The lowest BCUT2D eigenvalue weighted by Gasteiger charge is -2.23. The number of nitrogens with one attached hydrogen (secondary N) is 1. The normalized spacial score (nSPS) is 22.2. The van der Waals surface area contributed by atoms with Crippen molar-refractivity contribution in [1.82, 2.24) is 10.3 Å². The van der Waals surface area contributed by atoms with Gasteiger partial charge in [0.05, 0.1) is 4.47 Å². The summed E-state index contributed by atoms with van der Waals surface area (Å²) in [7, 11) is 0. The summed E-state index contributed by atoms with van der Waals surface area (Å²) in [4.78, 5) is 4.14. The van der Waals surface area contributed by atoms with Gasteiger partial charge in [0.1, 0.15) is 5.82 Å². The summed E-state index contributed by atoms with van der Waals surface area (Å²) in [5, 5.41) is 3.48. The zero-order valence-corrected chi connectivity index (χ0v) is 9.55. The van der Waals surface area contributed by atoms with Crippen LogP contribution in [-0.4, -0.2) is 11.5 Å². The predicted octanol–water partition coefficient (Wildman–Crippen LogP) is 2.24. The standard InChI is InChI=1S/C10H14BrN3/c11-8-5-7(6-14-10(8)12)9-3-1-2-4-13-9/h5-6,9,13H,1-4H2,(H2,12,14)/t9-/m1/s1. The second-order valence-corrected chi connectivity index (χ2v) is 4.49. The van der Waals surface area contributed by atoms with Gasteiger partial charge in [-0.15, -0.1) is 0 Å². The Morgan fingerprint density at radius 2 is 2.36 bits per heavy atom. The van der Waals surface area contributed by atoms with Crippen LogP contribution < -0.4 is 11.1 Å². The molecular formula is C10H14BrN3. The minimum absolute atomic E-state index is 0.452. The van der Waals surface area contributed by atoms with E-state index < -0.39 is 0 Å². The van der Waals surface area contributed by atoms with Crippen LogP contribution in [0.3, 0.4) is 0 Å². The van der Waals surface area contributed by atoms with E-state index in [0.29, 0.717) is 11.9 Å². The lowest BCUT2D eigenvalue weighted by Crippen LogP contribution is -2.26. The third-order valence-corrected chi connectivity index (χ3v) is 3.24. The Kier molecular flexibility index (Phi) is 3.03. The number of nitrogens with zero attached hydrogens (tertiary/aromatic N) is 1. The average molecular weight is 256 g/mol. The maximum absolute atomic E-state index is 5.64. The molecule has 0 amide bonds. The van der Waals surface area contributed by atoms with E-state index in [2.05, 4.69) is 32.3 Å². The number of rotatable bonds is 1. The monoisotopic (exact) mass is 255 g/mol. The van der Waals surface area contributed by atoms with E-state index in [9.17, 15) is 0 Å². The molecule has 1 atom stereocenters. The van der Waals surface area contributed by atoms with Crippen molar-refractivity contribution in [2.24, 2.45) is 0 Å². The summed E-state index contributed by atoms with van der Waals surface area (Å²) < 4.78 is 0.891. The van der Waals surface area contributed by atoms with E-state index in [1.54, 1.807) is 0 Å². The fourth-order valence-electron chi connectivity index (χ4n) is 1.79. The van der Waals surface area contributed by atoms with E-state index in [1.165, 1.54) is 24.8 Å². The second-order valence-electron chi connectivity index (χ2n) is 3.64. The summed E-state index contributed by atoms with van der Waals surface area (Å²) in [5.41, 5.74) is 6.87. The smallest absolute Gasteiger partial charge is 0.137 e. The maximum Gasteiger partial charge on any atom is 0.137 e. The first kappa shape index (κ1) is 9.93. The Morgan fingerprint density at radius 3 is 3.00 bits per heavy atom. The van der Waals surface area contributed by atoms with Gasteiger partial charge >= 0.3 is 0 Å². The van der Waals surface area contributed by atoms with Gasteiger partial charge in [-0.1, -0.05) is 6.42 Å². The highest BCUT2D eigenvalue weighted by Crippen LogP contribution is 2.26. The van der Waals surface area contributed by atoms with Gasteiger partial charge in [0.15, 0.2) is 0 Å². The number of pyridine rings is 1. The van der Waals surface area contributed by atoms with E-state index >= 15 is 0 Å². The molecular weight excluding hydrogens is 242 g/mol. The molecule has 2 heterocycles. The van der Waals surface area contributed by atoms with Crippen molar-refractivity contribution in [3.05, 3.63) is 22.3 Å². The van der Waals surface area contributed by atoms with Crippen LogP contribution in [0.25, 0.3) is 0 Å². The van der Waals surface area contributed by atoms with Crippen molar-refractivity contribution >= 4 is 21.7 Å². The van der Waals surface area contributed by atoms with Crippen LogP contribution in [0.2, 0.25) is 0 Å². The largest absolute Gasteiger partial charge is 0.383 e. The molecule has 1 aliphatic heterocycles. The third-order valence-electron chi connectivity index (χ3n) is 2.60. The molecule has 0 radical (unpaired) electrons. The van der Waals surface area contributed by atoms with Crippen LogP contribution >= 0.6 is 15.9 Å². The molecule has 1 saturated heterocycles. The van der Waals surface area contributed by atoms with E-state index in [1.807, 2.05) is 6.20 Å². The fraction of sp³-hybridized carbons (Fsp3) is 0.500. The fourth-order valence-corrected chi connectivity index (χ4v) is 2.16. The zero-order valence-electron chi connectivity index (χ0n) is 7.96. The van der Waals surface area contributed by atoms with Gasteiger partial charge in [0.25, 0.3) is 0 Å². The van der Waals surface area contributed by atoms with Gasteiger partial charge < -0.3 is 11.1 Å². The van der Waals surface area contributed by atoms with Crippen molar-refractivity contribution in [2.45, 2.75) is 25.3 Å². The van der Waals surface area contributed by atoms with E-state index in [-0.39, 0.29) is 0 Å². The Balaban J connectivity index is 2.18. The molecule has 1 aliphatic rings. The van der Waals surface area contributed by atoms with Gasteiger partial charge in [-0.3, -0.25) is 0 Å². The van der Waals surface area contributed by atoms with E-state index in [0.717, 1.165) is 11.0 Å². The molecule has 0 spiro atoms. The minimum Gasteiger partial charge on any atom is -0.383 e. The Hall–Kier alpha value is -0.610. The molecule has 0 bridgehead atoms. The van der Waals surface area contributed by atoms with Crippen molar-refractivity contribution in [1.29, 1.82) is 0 Å². The van der Waals surface area contributed by atoms with Crippen molar-refractivity contribution < 1.29 is 0 Å².